The number of methoxy groups -OCH3 is 1. The highest BCUT2D eigenvalue weighted by Gasteiger charge is 2.38. The summed E-state index contributed by atoms with van der Waals surface area (Å²) in [4.78, 5) is 42.2. The summed E-state index contributed by atoms with van der Waals surface area (Å²) in [5.74, 6) is 1.06. The first-order chi connectivity index (χ1) is 15.7. The van der Waals surface area contributed by atoms with Crippen molar-refractivity contribution in [2.75, 3.05) is 14.2 Å². The van der Waals surface area contributed by atoms with Gasteiger partial charge in [0.2, 0.25) is 17.7 Å². The predicted molar refractivity (Wildman–Crippen MR) is 117 cm³/mol. The number of carbonyl (C=O) groups excluding carboxylic acids is 3. The topological polar surface area (TPSA) is 128 Å². The number of aryl methyl sites for hydroxylation is 2. The Labute approximate surface area is 193 Å². The Kier molecular flexibility index (Phi) is 7.88. The number of esters is 1. The summed E-state index contributed by atoms with van der Waals surface area (Å²) >= 11 is 0. The molecule has 0 radical (unpaired) electrons. The van der Waals surface area contributed by atoms with Gasteiger partial charge in [0.1, 0.15) is 22.6 Å². The van der Waals surface area contributed by atoms with Gasteiger partial charge >= 0.3 is 5.97 Å². The Hall–Kier alpha value is -3.17. The molecule has 1 aliphatic rings. The number of rotatable bonds is 8. The van der Waals surface area contributed by atoms with Crippen molar-refractivity contribution in [3.8, 4) is 0 Å². The van der Waals surface area contributed by atoms with Gasteiger partial charge < -0.3 is 23.9 Å². The molecule has 0 aliphatic heterocycles. The van der Waals surface area contributed by atoms with Crippen LogP contribution in [0.5, 0.6) is 0 Å². The van der Waals surface area contributed by atoms with Crippen LogP contribution in [0.2, 0.25) is 0 Å². The van der Waals surface area contributed by atoms with Crippen LogP contribution in [0.25, 0.3) is 0 Å². The number of hydrogen-bond acceptors (Lipinski definition) is 8. The van der Waals surface area contributed by atoms with Crippen LogP contribution in [0.4, 0.5) is 0 Å². The maximum absolute atomic E-state index is 12.6. The third-order valence-corrected chi connectivity index (χ3v) is 6.01. The van der Waals surface area contributed by atoms with Gasteiger partial charge in [-0.1, -0.05) is 30.8 Å². The number of hydrogen-bond donors (Lipinski definition) is 1. The number of nitrogens with one attached hydrogen (secondary N) is 1. The molecule has 2 aromatic rings. The highest BCUT2D eigenvalue weighted by atomic mass is 16.5. The van der Waals surface area contributed by atoms with Crippen molar-refractivity contribution >= 4 is 17.8 Å². The fraction of sp³-hybridized carbons (Fsp3) is 0.609. The van der Waals surface area contributed by atoms with E-state index in [1.807, 2.05) is 0 Å². The number of ether oxygens (including phenoxy) is 1. The third kappa shape index (κ3) is 6.00. The third-order valence-electron chi connectivity index (χ3n) is 6.01. The van der Waals surface area contributed by atoms with E-state index < -0.39 is 11.5 Å². The number of furan rings is 1. The van der Waals surface area contributed by atoms with Crippen molar-refractivity contribution in [1.82, 2.24) is 20.4 Å². The van der Waals surface area contributed by atoms with E-state index in [1.165, 1.54) is 18.9 Å². The van der Waals surface area contributed by atoms with Gasteiger partial charge in [-0.05, 0) is 25.8 Å². The molecule has 1 saturated carbocycles. The minimum absolute atomic E-state index is 0.122. The SMILES string of the molecule is COC(=O)c1cc(CN(C)C(=O)CCc2nc(C3(NC(C)=O)CCCCCC3)no2)oc1C. The molecule has 1 fully saturated rings. The van der Waals surface area contributed by atoms with Gasteiger partial charge in [-0.15, -0.1) is 0 Å². The summed E-state index contributed by atoms with van der Waals surface area (Å²) in [5.41, 5.74) is -0.266. The minimum atomic E-state index is -0.612. The van der Waals surface area contributed by atoms with Crippen LogP contribution in [0.15, 0.2) is 15.0 Å². The molecule has 0 aromatic carbocycles. The van der Waals surface area contributed by atoms with E-state index in [0.29, 0.717) is 28.8 Å². The zero-order valence-electron chi connectivity index (χ0n) is 19.7. The van der Waals surface area contributed by atoms with E-state index in [9.17, 15) is 14.4 Å². The van der Waals surface area contributed by atoms with Crippen LogP contribution in [0.3, 0.4) is 0 Å². The lowest BCUT2D eigenvalue weighted by molar-refractivity contribution is -0.130. The van der Waals surface area contributed by atoms with Crippen molar-refractivity contribution in [2.45, 2.75) is 77.3 Å². The smallest absolute Gasteiger partial charge is 0.341 e. The zero-order chi connectivity index (χ0) is 24.0. The molecule has 33 heavy (non-hydrogen) atoms. The lowest BCUT2D eigenvalue weighted by Gasteiger charge is -2.30. The number of nitrogens with zero attached hydrogens (tertiary/aromatic N) is 3. The molecule has 180 valence electrons. The lowest BCUT2D eigenvalue weighted by Crippen LogP contribution is -2.45. The molecular formula is C23H32N4O6. The summed E-state index contributed by atoms with van der Waals surface area (Å²) in [5, 5.41) is 7.20. The largest absolute Gasteiger partial charge is 0.465 e. The molecule has 10 nitrogen and oxygen atoms in total. The minimum Gasteiger partial charge on any atom is -0.465 e. The average Bonchev–Trinajstić information content (AvgIpc) is 3.32. The molecule has 1 N–H and O–H groups in total. The molecule has 2 heterocycles. The fourth-order valence-electron chi connectivity index (χ4n) is 4.29. The van der Waals surface area contributed by atoms with Gasteiger partial charge in [0.05, 0.1) is 13.7 Å². The standard InChI is InChI=1S/C23H32N4O6/c1-15-18(21(30)31-4)13-17(32-15)14-27(3)20(29)10-9-19-24-22(26-33-19)23(25-16(2)28)11-7-5-6-8-12-23/h13H,5-12,14H2,1-4H3,(H,25,28). The second-order valence-electron chi connectivity index (χ2n) is 8.61. The molecule has 1 aliphatic carbocycles. The van der Waals surface area contributed by atoms with Crippen LogP contribution in [0, 0.1) is 6.92 Å². The zero-order valence-corrected chi connectivity index (χ0v) is 19.7. The van der Waals surface area contributed by atoms with Crippen LogP contribution in [-0.4, -0.2) is 47.0 Å². The van der Waals surface area contributed by atoms with Crippen molar-refractivity contribution in [3.63, 3.8) is 0 Å². The van der Waals surface area contributed by atoms with E-state index in [-0.39, 0.29) is 31.2 Å². The average molecular weight is 461 g/mol. The molecule has 10 heteroatoms. The second-order valence-corrected chi connectivity index (χ2v) is 8.61. The molecule has 3 rings (SSSR count). The van der Waals surface area contributed by atoms with Crippen molar-refractivity contribution in [2.24, 2.45) is 0 Å². The summed E-state index contributed by atoms with van der Waals surface area (Å²) in [6.07, 6.45) is 6.19. The Bertz CT molecular complexity index is 987. The normalized spacial score (nSPS) is 15.5. The van der Waals surface area contributed by atoms with Crippen LogP contribution in [0.1, 0.15) is 85.5 Å². The Morgan fingerprint density at radius 3 is 2.55 bits per heavy atom. The second kappa shape index (κ2) is 10.6. The highest BCUT2D eigenvalue weighted by Crippen LogP contribution is 2.34. The van der Waals surface area contributed by atoms with Gasteiger partial charge in [0.15, 0.2) is 5.82 Å². The maximum atomic E-state index is 12.6. The molecule has 0 atom stereocenters. The van der Waals surface area contributed by atoms with Crippen LogP contribution >= 0.6 is 0 Å². The van der Waals surface area contributed by atoms with Gasteiger partial charge in [-0.25, -0.2) is 4.79 Å². The first-order valence-electron chi connectivity index (χ1n) is 11.3. The highest BCUT2D eigenvalue weighted by molar-refractivity contribution is 5.90. The van der Waals surface area contributed by atoms with Gasteiger partial charge in [-0.3, -0.25) is 9.59 Å². The quantitative estimate of drug-likeness (QED) is 0.470. The van der Waals surface area contributed by atoms with Gasteiger partial charge in [0, 0.05) is 26.8 Å². The van der Waals surface area contributed by atoms with E-state index >= 15 is 0 Å². The first kappa shape index (κ1) is 24.5. The van der Waals surface area contributed by atoms with E-state index in [2.05, 4.69) is 15.5 Å². The molecule has 0 saturated heterocycles. The summed E-state index contributed by atoms with van der Waals surface area (Å²) in [6, 6.07) is 1.59. The summed E-state index contributed by atoms with van der Waals surface area (Å²) in [7, 11) is 2.97. The lowest BCUT2D eigenvalue weighted by atomic mass is 9.89. The Morgan fingerprint density at radius 1 is 1.21 bits per heavy atom. The molecular weight excluding hydrogens is 428 g/mol. The number of carbonyl (C=O) groups is 3. The number of amides is 2. The Balaban J connectivity index is 1.60. The fourth-order valence-corrected chi connectivity index (χ4v) is 4.29. The van der Waals surface area contributed by atoms with Crippen molar-refractivity contribution in [3.05, 3.63) is 34.9 Å². The Morgan fingerprint density at radius 2 is 1.91 bits per heavy atom. The van der Waals surface area contributed by atoms with Crippen molar-refractivity contribution in [1.29, 1.82) is 0 Å². The van der Waals surface area contributed by atoms with Gasteiger partial charge in [-0.2, -0.15) is 4.98 Å². The van der Waals surface area contributed by atoms with E-state index in [4.69, 9.17) is 13.7 Å². The summed E-state index contributed by atoms with van der Waals surface area (Å²) < 4.78 is 15.7. The van der Waals surface area contributed by atoms with Crippen molar-refractivity contribution < 1.29 is 28.1 Å². The predicted octanol–water partition coefficient (Wildman–Crippen LogP) is 3.03. The van der Waals surface area contributed by atoms with E-state index in [0.717, 1.165) is 38.5 Å². The maximum Gasteiger partial charge on any atom is 0.341 e. The molecule has 2 aromatic heterocycles. The molecule has 0 unspecified atom stereocenters. The molecule has 2 amide bonds. The molecule has 0 bridgehead atoms. The van der Waals surface area contributed by atoms with Gasteiger partial charge in [0.25, 0.3) is 0 Å². The van der Waals surface area contributed by atoms with E-state index in [1.54, 1.807) is 20.0 Å². The first-order valence-corrected chi connectivity index (χ1v) is 11.3. The monoisotopic (exact) mass is 460 g/mol. The molecule has 0 spiro atoms. The summed E-state index contributed by atoms with van der Waals surface area (Å²) in [6.45, 7) is 3.39. The number of aromatic nitrogens is 2. The van der Waals surface area contributed by atoms with Crippen LogP contribution in [-0.2, 0) is 32.8 Å². The van der Waals surface area contributed by atoms with Crippen LogP contribution < -0.4 is 5.32 Å².